The van der Waals surface area contributed by atoms with Gasteiger partial charge in [-0.05, 0) is 30.2 Å². The first-order chi connectivity index (χ1) is 9.91. The molecule has 4 nitrogen and oxygen atoms in total. The second-order valence-corrected chi connectivity index (χ2v) is 6.76. The molecule has 0 aliphatic heterocycles. The molecule has 2 N–H and O–H groups in total. The quantitative estimate of drug-likeness (QED) is 0.862. The van der Waals surface area contributed by atoms with E-state index in [-0.39, 0.29) is 10.6 Å². The second kappa shape index (κ2) is 6.24. The summed E-state index contributed by atoms with van der Waals surface area (Å²) in [5, 5.41) is 0. The number of sulfonamides is 1. The van der Waals surface area contributed by atoms with Crippen LogP contribution in [0.1, 0.15) is 5.56 Å². The Balaban J connectivity index is 2.15. The molecule has 0 atom stereocenters. The van der Waals surface area contributed by atoms with Crippen LogP contribution in [0.2, 0.25) is 0 Å². The van der Waals surface area contributed by atoms with Gasteiger partial charge in [-0.15, -0.1) is 0 Å². The van der Waals surface area contributed by atoms with E-state index in [9.17, 15) is 12.8 Å². The monoisotopic (exact) mass is 308 g/mol. The first-order valence-electron chi connectivity index (χ1n) is 6.46. The summed E-state index contributed by atoms with van der Waals surface area (Å²) in [4.78, 5) is -0.0699. The average molecular weight is 308 g/mol. The van der Waals surface area contributed by atoms with Gasteiger partial charge in [0, 0.05) is 13.6 Å². The Morgan fingerprint density at radius 3 is 2.43 bits per heavy atom. The van der Waals surface area contributed by atoms with Crippen LogP contribution in [0.3, 0.4) is 0 Å². The Kier molecular flexibility index (Phi) is 4.59. The number of hydrogen-bond acceptors (Lipinski definition) is 3. The molecule has 6 heteroatoms. The Morgan fingerprint density at radius 1 is 1.14 bits per heavy atom. The minimum absolute atomic E-state index is 0.0699. The summed E-state index contributed by atoms with van der Waals surface area (Å²) in [6.07, 6.45) is 0.595. The molecule has 0 saturated heterocycles. The third-order valence-electron chi connectivity index (χ3n) is 3.22. The fourth-order valence-electron chi connectivity index (χ4n) is 1.97. The third-order valence-corrected chi connectivity index (χ3v) is 5.15. The lowest BCUT2D eigenvalue weighted by atomic mass is 10.2. The zero-order chi connectivity index (χ0) is 15.5. The lowest BCUT2D eigenvalue weighted by Crippen LogP contribution is -2.29. The average Bonchev–Trinajstić information content (AvgIpc) is 2.45. The molecule has 0 unspecified atom stereocenters. The zero-order valence-corrected chi connectivity index (χ0v) is 12.5. The molecule has 0 amide bonds. The van der Waals surface area contributed by atoms with Crippen molar-refractivity contribution in [2.45, 2.75) is 11.3 Å². The Morgan fingerprint density at radius 2 is 1.81 bits per heavy atom. The number of likely N-dealkylation sites (N-methyl/N-ethyl adjacent to an activating group) is 1. The highest BCUT2D eigenvalue weighted by Gasteiger charge is 2.23. The maximum atomic E-state index is 13.0. The molecule has 0 bridgehead atoms. The van der Waals surface area contributed by atoms with Gasteiger partial charge < -0.3 is 5.73 Å². The molecular weight excluding hydrogens is 291 g/mol. The van der Waals surface area contributed by atoms with E-state index in [0.717, 1.165) is 17.7 Å². The number of nitrogens with two attached hydrogens (primary N) is 1. The first kappa shape index (κ1) is 15.5. The molecule has 2 aromatic rings. The number of nitrogen functional groups attached to an aromatic ring is 1. The predicted molar refractivity (Wildman–Crippen MR) is 80.8 cm³/mol. The van der Waals surface area contributed by atoms with Crippen molar-refractivity contribution >= 4 is 15.7 Å². The summed E-state index contributed by atoms with van der Waals surface area (Å²) >= 11 is 0. The third kappa shape index (κ3) is 3.59. The zero-order valence-electron chi connectivity index (χ0n) is 11.7. The molecule has 0 heterocycles. The second-order valence-electron chi connectivity index (χ2n) is 4.74. The fraction of sp³-hybridized carbons (Fsp3) is 0.200. The van der Waals surface area contributed by atoms with Gasteiger partial charge in [0.25, 0.3) is 0 Å². The van der Waals surface area contributed by atoms with Crippen LogP contribution in [0.4, 0.5) is 10.1 Å². The molecule has 0 aromatic heterocycles. The summed E-state index contributed by atoms with van der Waals surface area (Å²) in [6.45, 7) is 0.323. The van der Waals surface area contributed by atoms with Gasteiger partial charge in [0.1, 0.15) is 10.7 Å². The highest BCUT2D eigenvalue weighted by Crippen LogP contribution is 2.22. The van der Waals surface area contributed by atoms with Gasteiger partial charge in [0.2, 0.25) is 10.0 Å². The Hall–Kier alpha value is -1.92. The van der Waals surface area contributed by atoms with Crippen LogP contribution in [-0.2, 0) is 16.4 Å². The maximum Gasteiger partial charge on any atom is 0.244 e. The van der Waals surface area contributed by atoms with E-state index >= 15 is 0 Å². The van der Waals surface area contributed by atoms with E-state index in [0.29, 0.717) is 13.0 Å². The molecule has 2 aromatic carbocycles. The summed E-state index contributed by atoms with van der Waals surface area (Å²) in [5.41, 5.74) is 6.57. The number of nitrogens with zero attached hydrogens (tertiary/aromatic N) is 1. The smallest absolute Gasteiger partial charge is 0.244 e. The SMILES string of the molecule is CN(CCc1ccccc1)S(=O)(=O)c1ccc(F)cc1N. The summed E-state index contributed by atoms with van der Waals surface area (Å²) in [6, 6.07) is 12.9. The standard InChI is InChI=1S/C15H17FN2O2S/c1-18(10-9-12-5-3-2-4-6-12)21(19,20)15-8-7-13(16)11-14(15)17/h2-8,11H,9-10,17H2,1H3. The van der Waals surface area contributed by atoms with Crippen molar-refractivity contribution in [3.8, 4) is 0 Å². The number of hydrogen-bond donors (Lipinski definition) is 1. The van der Waals surface area contributed by atoms with Gasteiger partial charge in [-0.2, -0.15) is 0 Å². The topological polar surface area (TPSA) is 63.4 Å². The summed E-state index contributed by atoms with van der Waals surface area (Å²) in [5.74, 6) is -0.557. The highest BCUT2D eigenvalue weighted by molar-refractivity contribution is 7.89. The first-order valence-corrected chi connectivity index (χ1v) is 7.90. The van der Waals surface area contributed by atoms with Gasteiger partial charge in [-0.3, -0.25) is 0 Å². The van der Waals surface area contributed by atoms with Crippen LogP contribution in [-0.4, -0.2) is 26.3 Å². The lowest BCUT2D eigenvalue weighted by molar-refractivity contribution is 0.472. The Bertz CT molecular complexity index is 718. The van der Waals surface area contributed by atoms with Crippen molar-refractivity contribution in [2.24, 2.45) is 0 Å². The summed E-state index contributed by atoms with van der Waals surface area (Å²) < 4.78 is 39.1. The molecule has 0 fully saturated rings. The normalized spacial score (nSPS) is 11.8. The largest absolute Gasteiger partial charge is 0.398 e. The minimum Gasteiger partial charge on any atom is -0.398 e. The van der Waals surface area contributed by atoms with Crippen LogP contribution in [0.25, 0.3) is 0 Å². The van der Waals surface area contributed by atoms with E-state index < -0.39 is 15.8 Å². The van der Waals surface area contributed by atoms with Crippen molar-refractivity contribution in [3.63, 3.8) is 0 Å². The van der Waals surface area contributed by atoms with Gasteiger partial charge in [-0.1, -0.05) is 30.3 Å². The van der Waals surface area contributed by atoms with Gasteiger partial charge >= 0.3 is 0 Å². The van der Waals surface area contributed by atoms with Crippen molar-refractivity contribution in [2.75, 3.05) is 19.3 Å². The van der Waals surface area contributed by atoms with E-state index in [4.69, 9.17) is 5.73 Å². The van der Waals surface area contributed by atoms with Crippen LogP contribution in [0.15, 0.2) is 53.4 Å². The maximum absolute atomic E-state index is 13.0. The van der Waals surface area contributed by atoms with Crippen molar-refractivity contribution in [1.29, 1.82) is 0 Å². The van der Waals surface area contributed by atoms with E-state index in [1.807, 2.05) is 30.3 Å². The van der Waals surface area contributed by atoms with E-state index in [2.05, 4.69) is 0 Å². The molecule has 21 heavy (non-hydrogen) atoms. The molecule has 112 valence electrons. The molecule has 2 rings (SSSR count). The molecule has 0 radical (unpaired) electrons. The van der Waals surface area contributed by atoms with Crippen LogP contribution in [0.5, 0.6) is 0 Å². The molecule has 0 spiro atoms. The van der Waals surface area contributed by atoms with Crippen molar-refractivity contribution < 1.29 is 12.8 Å². The summed E-state index contributed by atoms with van der Waals surface area (Å²) in [7, 11) is -2.23. The minimum atomic E-state index is -3.71. The highest BCUT2D eigenvalue weighted by atomic mass is 32.2. The van der Waals surface area contributed by atoms with Gasteiger partial charge in [-0.25, -0.2) is 17.1 Å². The number of rotatable bonds is 5. The van der Waals surface area contributed by atoms with Crippen molar-refractivity contribution in [3.05, 3.63) is 59.9 Å². The fourth-order valence-corrected chi connectivity index (χ4v) is 3.24. The van der Waals surface area contributed by atoms with Gasteiger partial charge in [0.15, 0.2) is 0 Å². The van der Waals surface area contributed by atoms with Crippen molar-refractivity contribution in [1.82, 2.24) is 4.31 Å². The predicted octanol–water partition coefficient (Wildman–Crippen LogP) is 2.27. The molecule has 0 aliphatic carbocycles. The van der Waals surface area contributed by atoms with E-state index in [1.54, 1.807) is 0 Å². The molecule has 0 saturated carbocycles. The number of halogens is 1. The van der Waals surface area contributed by atoms with Crippen LogP contribution in [0, 0.1) is 5.82 Å². The lowest BCUT2D eigenvalue weighted by Gasteiger charge is -2.18. The van der Waals surface area contributed by atoms with E-state index in [1.165, 1.54) is 17.4 Å². The molecular formula is C15H17FN2O2S. The number of anilines is 1. The number of benzene rings is 2. The van der Waals surface area contributed by atoms with Crippen LogP contribution >= 0.6 is 0 Å². The molecule has 0 aliphatic rings. The van der Waals surface area contributed by atoms with Gasteiger partial charge in [0.05, 0.1) is 5.69 Å². The van der Waals surface area contributed by atoms with Crippen LogP contribution < -0.4 is 5.73 Å². The Labute approximate surface area is 124 Å².